The molecule has 1 atom stereocenters. The number of hydrogen-bond acceptors (Lipinski definition) is 5. The number of sulfone groups is 1. The molecule has 1 heterocycles. The predicted molar refractivity (Wildman–Crippen MR) is 112 cm³/mol. The van der Waals surface area contributed by atoms with Crippen LogP contribution in [-0.4, -0.2) is 58.8 Å². The summed E-state index contributed by atoms with van der Waals surface area (Å²) in [5.74, 6) is -0.354. The Balaban J connectivity index is 1.89. The summed E-state index contributed by atoms with van der Waals surface area (Å²) in [4.78, 5) is 14.5. The summed E-state index contributed by atoms with van der Waals surface area (Å²) in [5, 5.41) is 0. The Morgan fingerprint density at radius 2 is 1.79 bits per heavy atom. The zero-order valence-corrected chi connectivity index (χ0v) is 18.0. The van der Waals surface area contributed by atoms with Crippen LogP contribution in [0.5, 0.6) is 0 Å². The highest BCUT2D eigenvalue weighted by atomic mass is 32.2. The molecule has 0 aromatic heterocycles. The van der Waals surface area contributed by atoms with Gasteiger partial charge in [-0.1, -0.05) is 24.3 Å². The van der Waals surface area contributed by atoms with E-state index in [4.69, 9.17) is 0 Å². The average molecular weight is 437 g/mol. The fourth-order valence-corrected chi connectivity index (χ4v) is 6.45. The van der Waals surface area contributed by atoms with Crippen LogP contribution < -0.4 is 4.31 Å². The molecular formula is C20H24N2O5S2. The van der Waals surface area contributed by atoms with Crippen molar-refractivity contribution in [1.29, 1.82) is 0 Å². The average Bonchev–Trinajstić information content (AvgIpc) is 3.08. The fourth-order valence-electron chi connectivity index (χ4n) is 3.48. The Bertz CT molecular complexity index is 1100. The molecule has 0 N–H and O–H groups in total. The normalized spacial score (nSPS) is 18.3. The van der Waals surface area contributed by atoms with Crippen LogP contribution in [0.2, 0.25) is 0 Å². The summed E-state index contributed by atoms with van der Waals surface area (Å²) in [7, 11) is -5.53. The smallest absolute Gasteiger partial charge is 0.264 e. The zero-order valence-electron chi connectivity index (χ0n) is 16.4. The highest BCUT2D eigenvalue weighted by Gasteiger charge is 2.34. The summed E-state index contributed by atoms with van der Waals surface area (Å²) in [6, 6.07) is 14.2. The number of hydrogen-bond donors (Lipinski definition) is 0. The number of sulfonamides is 1. The fraction of sp³-hybridized carbons (Fsp3) is 0.350. The Morgan fingerprint density at radius 1 is 1.10 bits per heavy atom. The maximum absolute atomic E-state index is 13.0. The largest absolute Gasteiger partial charge is 0.335 e. The minimum atomic E-state index is -3.85. The van der Waals surface area contributed by atoms with E-state index in [1.54, 1.807) is 43.3 Å². The molecule has 1 aliphatic rings. The van der Waals surface area contributed by atoms with Gasteiger partial charge in [0.25, 0.3) is 15.9 Å². The summed E-state index contributed by atoms with van der Waals surface area (Å²) in [6.07, 6.45) is 0.399. The lowest BCUT2D eigenvalue weighted by Crippen LogP contribution is -2.41. The number of anilines is 1. The van der Waals surface area contributed by atoms with Crippen molar-refractivity contribution in [2.24, 2.45) is 0 Å². The second-order valence-electron chi connectivity index (χ2n) is 6.98. The van der Waals surface area contributed by atoms with Crippen LogP contribution >= 0.6 is 0 Å². The Morgan fingerprint density at radius 3 is 2.38 bits per heavy atom. The van der Waals surface area contributed by atoms with Crippen LogP contribution in [0.25, 0.3) is 0 Å². The number of carbonyl (C=O) groups excluding carboxylic acids is 1. The molecule has 1 aliphatic heterocycles. The lowest BCUT2D eigenvalue weighted by molar-refractivity contribution is 0.0708. The maximum Gasteiger partial charge on any atom is 0.264 e. The van der Waals surface area contributed by atoms with Gasteiger partial charge in [0, 0.05) is 25.2 Å². The van der Waals surface area contributed by atoms with Gasteiger partial charge in [0.05, 0.1) is 22.1 Å². The third-order valence-corrected chi connectivity index (χ3v) is 8.64. The van der Waals surface area contributed by atoms with Gasteiger partial charge in [-0.3, -0.25) is 9.10 Å². The van der Waals surface area contributed by atoms with Crippen molar-refractivity contribution in [1.82, 2.24) is 4.90 Å². The van der Waals surface area contributed by atoms with Crippen LogP contribution in [0.1, 0.15) is 23.7 Å². The first-order valence-corrected chi connectivity index (χ1v) is 12.6. The quantitative estimate of drug-likeness (QED) is 0.692. The van der Waals surface area contributed by atoms with E-state index in [1.165, 1.54) is 30.1 Å². The molecule has 29 heavy (non-hydrogen) atoms. The third kappa shape index (κ3) is 4.45. The lowest BCUT2D eigenvalue weighted by Gasteiger charge is -2.27. The molecule has 0 unspecified atom stereocenters. The second kappa shape index (κ2) is 8.16. The first-order chi connectivity index (χ1) is 13.7. The van der Waals surface area contributed by atoms with Crippen LogP contribution in [-0.2, 0) is 19.9 Å². The summed E-state index contributed by atoms with van der Waals surface area (Å²) >= 11 is 0. The number of rotatable bonds is 6. The first kappa shape index (κ1) is 21.3. The monoisotopic (exact) mass is 436 g/mol. The molecule has 0 bridgehead atoms. The minimum absolute atomic E-state index is 0.00444. The van der Waals surface area contributed by atoms with Gasteiger partial charge in [-0.2, -0.15) is 0 Å². The molecular weight excluding hydrogens is 412 g/mol. The van der Waals surface area contributed by atoms with Gasteiger partial charge in [-0.05, 0) is 43.7 Å². The topological polar surface area (TPSA) is 91.8 Å². The second-order valence-corrected chi connectivity index (χ2v) is 11.2. The van der Waals surface area contributed by atoms with E-state index in [9.17, 15) is 21.6 Å². The van der Waals surface area contributed by atoms with Crippen molar-refractivity contribution in [2.75, 3.05) is 29.4 Å². The molecule has 1 saturated heterocycles. The van der Waals surface area contributed by atoms with Gasteiger partial charge in [-0.25, -0.2) is 16.8 Å². The first-order valence-electron chi connectivity index (χ1n) is 9.31. The van der Waals surface area contributed by atoms with Crippen LogP contribution in [0.15, 0.2) is 59.5 Å². The molecule has 0 radical (unpaired) electrons. The van der Waals surface area contributed by atoms with E-state index in [1.807, 2.05) is 0 Å². The van der Waals surface area contributed by atoms with Crippen LogP contribution in [0, 0.1) is 0 Å². The Labute approximate surface area is 171 Å². The SMILES string of the molecule is CCN(C(=O)c1cccc(S(=O)(=O)N(C)c2ccccc2)c1)[C@H]1CCS(=O)(=O)C1. The molecule has 9 heteroatoms. The van der Waals surface area contributed by atoms with Crippen LogP contribution in [0.3, 0.4) is 0 Å². The highest BCUT2D eigenvalue weighted by Crippen LogP contribution is 2.24. The summed E-state index contributed by atoms with van der Waals surface area (Å²) in [6.45, 7) is 2.13. The molecule has 1 amide bonds. The molecule has 0 saturated carbocycles. The van der Waals surface area contributed by atoms with Gasteiger partial charge in [0.15, 0.2) is 9.84 Å². The molecule has 0 spiro atoms. The number of para-hydroxylation sites is 1. The Kier molecular flexibility index (Phi) is 6.00. The molecule has 2 aromatic rings. The minimum Gasteiger partial charge on any atom is -0.335 e. The molecule has 7 nitrogen and oxygen atoms in total. The zero-order chi connectivity index (χ0) is 21.2. The number of carbonyl (C=O) groups is 1. The predicted octanol–water partition coefficient (Wildman–Crippen LogP) is 2.16. The van der Waals surface area contributed by atoms with Crippen molar-refractivity contribution >= 4 is 31.5 Å². The van der Waals surface area contributed by atoms with Gasteiger partial charge in [0.1, 0.15) is 0 Å². The van der Waals surface area contributed by atoms with E-state index < -0.39 is 19.9 Å². The summed E-state index contributed by atoms with van der Waals surface area (Å²) < 4.78 is 50.8. The van der Waals surface area contributed by atoms with E-state index >= 15 is 0 Å². The van der Waals surface area contributed by atoms with Gasteiger partial charge >= 0.3 is 0 Å². The van der Waals surface area contributed by atoms with E-state index in [0.717, 1.165) is 4.31 Å². The van der Waals surface area contributed by atoms with Gasteiger partial charge < -0.3 is 4.90 Å². The Hall–Kier alpha value is -2.39. The van der Waals surface area contributed by atoms with Crippen molar-refractivity contribution in [2.45, 2.75) is 24.3 Å². The van der Waals surface area contributed by atoms with Crippen molar-refractivity contribution in [3.8, 4) is 0 Å². The van der Waals surface area contributed by atoms with Crippen molar-refractivity contribution in [3.05, 3.63) is 60.2 Å². The number of amides is 1. The summed E-state index contributed by atoms with van der Waals surface area (Å²) in [5.41, 5.74) is 0.731. The third-order valence-electron chi connectivity index (χ3n) is 5.11. The molecule has 3 rings (SSSR count). The highest BCUT2D eigenvalue weighted by molar-refractivity contribution is 7.92. The molecule has 156 valence electrons. The van der Waals surface area contributed by atoms with Crippen LogP contribution in [0.4, 0.5) is 5.69 Å². The van der Waals surface area contributed by atoms with Gasteiger partial charge in [0.2, 0.25) is 0 Å². The molecule has 2 aromatic carbocycles. The maximum atomic E-state index is 13.0. The molecule has 1 fully saturated rings. The van der Waals surface area contributed by atoms with E-state index in [2.05, 4.69) is 0 Å². The van der Waals surface area contributed by atoms with E-state index in [0.29, 0.717) is 18.7 Å². The van der Waals surface area contributed by atoms with Crippen molar-refractivity contribution < 1.29 is 21.6 Å². The van der Waals surface area contributed by atoms with Gasteiger partial charge in [-0.15, -0.1) is 0 Å². The molecule has 0 aliphatic carbocycles. The van der Waals surface area contributed by atoms with E-state index in [-0.39, 0.29) is 33.9 Å². The van der Waals surface area contributed by atoms with Crippen molar-refractivity contribution in [3.63, 3.8) is 0 Å². The number of benzene rings is 2. The standard InChI is InChI=1S/C20H24N2O5S2/c1-3-22(18-12-13-28(24,25)15-18)20(23)16-8-7-11-19(14-16)29(26,27)21(2)17-9-5-4-6-10-17/h4-11,14,18H,3,12-13,15H2,1-2H3/t18-/m0/s1. The number of nitrogens with zero attached hydrogens (tertiary/aromatic N) is 2. The lowest BCUT2D eigenvalue weighted by atomic mass is 10.1.